The van der Waals surface area contributed by atoms with Crippen molar-refractivity contribution in [2.75, 3.05) is 11.1 Å². The molecule has 0 amide bonds. The Balaban J connectivity index is 2.27. The van der Waals surface area contributed by atoms with Gasteiger partial charge in [-0.05, 0) is 24.3 Å². The number of nitrogen functional groups attached to an aromatic ring is 1. The second-order valence-corrected chi connectivity index (χ2v) is 4.07. The summed E-state index contributed by atoms with van der Waals surface area (Å²) < 4.78 is 0. The van der Waals surface area contributed by atoms with Gasteiger partial charge in [-0.1, -0.05) is 23.2 Å². The van der Waals surface area contributed by atoms with Crippen LogP contribution >= 0.6 is 23.2 Å². The average Bonchev–Trinajstić information content (AvgIpc) is 2.22. The Hall–Kier alpha value is -1.45. The van der Waals surface area contributed by atoms with E-state index in [4.69, 9.17) is 28.9 Å². The predicted octanol–water partition coefficient (Wildman–Crippen LogP) is 3.71. The average molecular weight is 254 g/mol. The normalized spacial score (nSPS) is 10.1. The molecule has 0 aliphatic carbocycles. The van der Waals surface area contributed by atoms with Crippen LogP contribution in [0.5, 0.6) is 0 Å². The molecule has 0 radical (unpaired) electrons. The Labute approximate surface area is 103 Å². The van der Waals surface area contributed by atoms with Crippen molar-refractivity contribution in [2.45, 2.75) is 0 Å². The summed E-state index contributed by atoms with van der Waals surface area (Å²) in [5.41, 5.74) is 7.02. The summed E-state index contributed by atoms with van der Waals surface area (Å²) in [6, 6.07) is 8.65. The van der Waals surface area contributed by atoms with Crippen molar-refractivity contribution in [3.8, 4) is 0 Å². The molecule has 1 heterocycles. The first-order valence-corrected chi connectivity index (χ1v) is 5.34. The summed E-state index contributed by atoms with van der Waals surface area (Å²) in [5, 5.41) is 4.19. The third-order valence-electron chi connectivity index (χ3n) is 1.98. The van der Waals surface area contributed by atoms with E-state index in [9.17, 15) is 0 Å². The molecule has 82 valence electrons. The maximum Gasteiger partial charge on any atom is 0.132 e. The van der Waals surface area contributed by atoms with Gasteiger partial charge in [0.1, 0.15) is 5.82 Å². The molecule has 0 saturated heterocycles. The zero-order valence-corrected chi connectivity index (χ0v) is 9.76. The van der Waals surface area contributed by atoms with Crippen molar-refractivity contribution in [2.24, 2.45) is 0 Å². The molecular formula is C11H9Cl2N3. The van der Waals surface area contributed by atoms with E-state index in [0.29, 0.717) is 21.6 Å². The third kappa shape index (κ3) is 2.56. The molecule has 0 aliphatic heterocycles. The number of hydrogen-bond acceptors (Lipinski definition) is 3. The lowest BCUT2D eigenvalue weighted by Gasteiger charge is -2.07. The fraction of sp³-hybridized carbons (Fsp3) is 0. The summed E-state index contributed by atoms with van der Waals surface area (Å²) in [6.45, 7) is 0. The lowest BCUT2D eigenvalue weighted by molar-refractivity contribution is 1.31. The number of aromatic nitrogens is 1. The molecule has 0 aliphatic rings. The standard InChI is InChI=1S/C11H9Cl2N3/c12-7-1-2-10(9(13)5-7)16-11-6-8(14)3-4-15-11/h1-6H,(H3,14,15,16). The van der Waals surface area contributed by atoms with Crippen molar-refractivity contribution in [3.63, 3.8) is 0 Å². The highest BCUT2D eigenvalue weighted by Crippen LogP contribution is 2.27. The SMILES string of the molecule is Nc1ccnc(Nc2ccc(Cl)cc2Cl)c1. The van der Waals surface area contributed by atoms with Gasteiger partial charge in [0, 0.05) is 23.0 Å². The van der Waals surface area contributed by atoms with Crippen molar-refractivity contribution in [1.82, 2.24) is 4.98 Å². The van der Waals surface area contributed by atoms with Crippen molar-refractivity contribution >= 4 is 40.4 Å². The van der Waals surface area contributed by atoms with Crippen LogP contribution in [0.3, 0.4) is 0 Å². The van der Waals surface area contributed by atoms with Gasteiger partial charge in [-0.2, -0.15) is 0 Å². The van der Waals surface area contributed by atoms with Gasteiger partial charge in [0.15, 0.2) is 0 Å². The molecule has 3 N–H and O–H groups in total. The number of benzene rings is 1. The Morgan fingerprint density at radius 1 is 1.12 bits per heavy atom. The van der Waals surface area contributed by atoms with Gasteiger partial charge < -0.3 is 11.1 Å². The zero-order chi connectivity index (χ0) is 11.5. The van der Waals surface area contributed by atoms with E-state index in [2.05, 4.69) is 10.3 Å². The largest absolute Gasteiger partial charge is 0.399 e. The molecular weight excluding hydrogens is 245 g/mol. The van der Waals surface area contributed by atoms with Crippen LogP contribution in [0, 0.1) is 0 Å². The Morgan fingerprint density at radius 3 is 2.62 bits per heavy atom. The van der Waals surface area contributed by atoms with Crippen LogP contribution in [-0.4, -0.2) is 4.98 Å². The fourth-order valence-electron chi connectivity index (χ4n) is 1.24. The smallest absolute Gasteiger partial charge is 0.132 e. The lowest BCUT2D eigenvalue weighted by atomic mass is 10.3. The number of halogens is 2. The fourth-order valence-corrected chi connectivity index (χ4v) is 1.70. The van der Waals surface area contributed by atoms with E-state index in [1.807, 2.05) is 0 Å². The number of nitrogens with two attached hydrogens (primary N) is 1. The minimum atomic E-state index is 0.539. The molecule has 1 aromatic heterocycles. The lowest BCUT2D eigenvalue weighted by Crippen LogP contribution is -1.95. The highest BCUT2D eigenvalue weighted by molar-refractivity contribution is 6.36. The first-order valence-electron chi connectivity index (χ1n) is 4.59. The summed E-state index contributed by atoms with van der Waals surface area (Å²) >= 11 is 11.8. The van der Waals surface area contributed by atoms with Crippen LogP contribution in [0.2, 0.25) is 10.0 Å². The number of hydrogen-bond donors (Lipinski definition) is 2. The van der Waals surface area contributed by atoms with Crippen LogP contribution < -0.4 is 11.1 Å². The monoisotopic (exact) mass is 253 g/mol. The number of rotatable bonds is 2. The van der Waals surface area contributed by atoms with E-state index >= 15 is 0 Å². The van der Waals surface area contributed by atoms with E-state index in [1.165, 1.54) is 0 Å². The molecule has 1 aromatic carbocycles. The van der Waals surface area contributed by atoms with Crippen LogP contribution in [0.25, 0.3) is 0 Å². The summed E-state index contributed by atoms with van der Waals surface area (Å²) in [6.07, 6.45) is 1.63. The van der Waals surface area contributed by atoms with Crippen molar-refractivity contribution in [1.29, 1.82) is 0 Å². The van der Waals surface area contributed by atoms with Gasteiger partial charge in [-0.15, -0.1) is 0 Å². The molecule has 0 saturated carbocycles. The van der Waals surface area contributed by atoms with Gasteiger partial charge in [0.05, 0.1) is 10.7 Å². The quantitative estimate of drug-likeness (QED) is 0.858. The predicted molar refractivity (Wildman–Crippen MR) is 68.4 cm³/mol. The maximum absolute atomic E-state index is 6.01. The summed E-state index contributed by atoms with van der Waals surface area (Å²) in [4.78, 5) is 4.12. The molecule has 0 spiro atoms. The van der Waals surface area contributed by atoms with Gasteiger partial charge in [-0.3, -0.25) is 0 Å². The molecule has 5 heteroatoms. The zero-order valence-electron chi connectivity index (χ0n) is 8.24. The molecule has 16 heavy (non-hydrogen) atoms. The second-order valence-electron chi connectivity index (χ2n) is 3.22. The number of nitrogens with zero attached hydrogens (tertiary/aromatic N) is 1. The van der Waals surface area contributed by atoms with Crippen LogP contribution in [0.15, 0.2) is 36.5 Å². The Kier molecular flexibility index (Phi) is 3.17. The third-order valence-corrected chi connectivity index (χ3v) is 2.53. The second kappa shape index (κ2) is 4.60. The first kappa shape index (κ1) is 11.0. The summed E-state index contributed by atoms with van der Waals surface area (Å²) in [7, 11) is 0. The first-order chi connectivity index (χ1) is 7.65. The number of nitrogens with one attached hydrogen (secondary N) is 1. The van der Waals surface area contributed by atoms with E-state index < -0.39 is 0 Å². The maximum atomic E-state index is 6.01. The minimum absolute atomic E-state index is 0.539. The highest BCUT2D eigenvalue weighted by Gasteiger charge is 2.02. The van der Waals surface area contributed by atoms with E-state index in [1.54, 1.807) is 36.5 Å². The summed E-state index contributed by atoms with van der Waals surface area (Å²) in [5.74, 6) is 0.643. The molecule has 2 rings (SSSR count). The van der Waals surface area contributed by atoms with Crippen LogP contribution in [-0.2, 0) is 0 Å². The number of pyridine rings is 1. The molecule has 0 bridgehead atoms. The van der Waals surface area contributed by atoms with Crippen molar-refractivity contribution < 1.29 is 0 Å². The molecule has 0 atom stereocenters. The van der Waals surface area contributed by atoms with Crippen LogP contribution in [0.4, 0.5) is 17.2 Å². The Morgan fingerprint density at radius 2 is 1.94 bits per heavy atom. The van der Waals surface area contributed by atoms with E-state index in [0.717, 1.165) is 5.69 Å². The van der Waals surface area contributed by atoms with Crippen LogP contribution in [0.1, 0.15) is 0 Å². The molecule has 0 unspecified atom stereocenters. The van der Waals surface area contributed by atoms with Gasteiger partial charge in [0.25, 0.3) is 0 Å². The highest BCUT2D eigenvalue weighted by atomic mass is 35.5. The van der Waals surface area contributed by atoms with Crippen molar-refractivity contribution in [3.05, 3.63) is 46.6 Å². The molecule has 2 aromatic rings. The topological polar surface area (TPSA) is 50.9 Å². The van der Waals surface area contributed by atoms with Gasteiger partial charge in [-0.25, -0.2) is 4.98 Å². The Bertz CT molecular complexity index is 514. The molecule has 3 nitrogen and oxygen atoms in total. The van der Waals surface area contributed by atoms with Gasteiger partial charge in [0.2, 0.25) is 0 Å². The van der Waals surface area contributed by atoms with E-state index in [-0.39, 0.29) is 0 Å². The minimum Gasteiger partial charge on any atom is -0.399 e. The van der Waals surface area contributed by atoms with Gasteiger partial charge >= 0.3 is 0 Å². The number of anilines is 3. The molecule has 0 fully saturated rings.